The first kappa shape index (κ1) is 23.2. The van der Waals surface area contributed by atoms with Gasteiger partial charge < -0.3 is 10.1 Å². The smallest absolute Gasteiger partial charge is 0.340 e. The molecular formula is C20H21F4N3O3. The number of halogens is 4. The number of alkyl halides is 4. The van der Waals surface area contributed by atoms with Crippen molar-refractivity contribution in [1.82, 2.24) is 15.3 Å². The van der Waals surface area contributed by atoms with Crippen LogP contribution < -0.4 is 10.1 Å². The molecule has 0 spiro atoms. The van der Waals surface area contributed by atoms with Gasteiger partial charge in [-0.15, -0.1) is 0 Å². The van der Waals surface area contributed by atoms with Gasteiger partial charge in [0.25, 0.3) is 5.91 Å². The van der Waals surface area contributed by atoms with Gasteiger partial charge in [-0.1, -0.05) is 13.0 Å². The van der Waals surface area contributed by atoms with Crippen molar-refractivity contribution >= 4 is 11.7 Å². The van der Waals surface area contributed by atoms with Crippen LogP contribution in [0.1, 0.15) is 47.9 Å². The maximum Gasteiger partial charge on any atom is 0.340 e. The zero-order valence-corrected chi connectivity index (χ0v) is 16.4. The van der Waals surface area contributed by atoms with Gasteiger partial charge in [0.15, 0.2) is 6.61 Å². The van der Waals surface area contributed by atoms with Crippen LogP contribution in [-0.4, -0.2) is 40.6 Å². The van der Waals surface area contributed by atoms with Gasteiger partial charge in [-0.05, 0) is 24.6 Å². The van der Waals surface area contributed by atoms with E-state index < -0.39 is 30.9 Å². The Morgan fingerprint density at radius 2 is 1.93 bits per heavy atom. The average molecular weight is 427 g/mol. The number of nitrogens with zero attached hydrogens (tertiary/aromatic N) is 2. The molecule has 0 fully saturated rings. The van der Waals surface area contributed by atoms with Crippen LogP contribution in [0.3, 0.4) is 0 Å². The molecule has 10 heteroatoms. The lowest BCUT2D eigenvalue weighted by molar-refractivity contribution is -0.148. The summed E-state index contributed by atoms with van der Waals surface area (Å²) in [5.74, 6) is -4.90. The summed E-state index contributed by atoms with van der Waals surface area (Å²) in [5.41, 5.74) is 1.37. The molecule has 0 aliphatic rings. The number of ether oxygens (including phenoxy) is 1. The van der Waals surface area contributed by atoms with Crippen molar-refractivity contribution in [2.24, 2.45) is 0 Å². The van der Waals surface area contributed by atoms with Gasteiger partial charge in [0.2, 0.25) is 5.88 Å². The second kappa shape index (κ2) is 10.1. The number of rotatable bonds is 10. The molecule has 1 amide bonds. The molecule has 0 aliphatic carbocycles. The van der Waals surface area contributed by atoms with Crippen LogP contribution in [0.2, 0.25) is 0 Å². The topological polar surface area (TPSA) is 81.2 Å². The van der Waals surface area contributed by atoms with Crippen molar-refractivity contribution in [2.45, 2.75) is 45.1 Å². The minimum absolute atomic E-state index is 0.00752. The number of aromatic nitrogens is 2. The first-order valence-corrected chi connectivity index (χ1v) is 9.14. The number of hydrogen-bond acceptors (Lipinski definition) is 5. The van der Waals surface area contributed by atoms with E-state index in [4.69, 9.17) is 0 Å². The molecule has 0 aromatic carbocycles. The summed E-state index contributed by atoms with van der Waals surface area (Å²) in [6, 6.07) is 5.29. The van der Waals surface area contributed by atoms with E-state index in [1.54, 1.807) is 13.8 Å². The zero-order valence-electron chi connectivity index (χ0n) is 16.4. The van der Waals surface area contributed by atoms with Crippen LogP contribution >= 0.6 is 0 Å². The van der Waals surface area contributed by atoms with E-state index in [9.17, 15) is 27.2 Å². The lowest BCUT2D eigenvalue weighted by Crippen LogP contribution is -2.33. The number of pyridine rings is 2. The average Bonchev–Trinajstić information content (AvgIpc) is 2.72. The molecular weight excluding hydrogens is 406 g/mol. The van der Waals surface area contributed by atoms with Crippen LogP contribution in [0.4, 0.5) is 17.6 Å². The molecule has 0 bridgehead atoms. The fourth-order valence-corrected chi connectivity index (χ4v) is 2.37. The summed E-state index contributed by atoms with van der Waals surface area (Å²) in [6.07, 6.45) is -0.578. The maximum atomic E-state index is 12.9. The zero-order chi connectivity index (χ0) is 22.3. The Balaban J connectivity index is 1.97. The molecule has 1 N–H and O–H groups in total. The molecule has 2 heterocycles. The molecule has 162 valence electrons. The summed E-state index contributed by atoms with van der Waals surface area (Å²) in [7, 11) is 0. The summed E-state index contributed by atoms with van der Waals surface area (Å²) in [5, 5.41) is 2.75. The first-order valence-electron chi connectivity index (χ1n) is 9.14. The van der Waals surface area contributed by atoms with Crippen LogP contribution in [0.5, 0.6) is 5.88 Å². The van der Waals surface area contributed by atoms with Gasteiger partial charge in [-0.2, -0.15) is 8.78 Å². The van der Waals surface area contributed by atoms with E-state index in [1.165, 1.54) is 36.7 Å². The summed E-state index contributed by atoms with van der Waals surface area (Å²) < 4.78 is 54.7. The van der Waals surface area contributed by atoms with Crippen LogP contribution in [0.25, 0.3) is 0 Å². The summed E-state index contributed by atoms with van der Waals surface area (Å²) in [6.45, 7) is 1.94. The summed E-state index contributed by atoms with van der Waals surface area (Å²) >= 11 is 0. The third-order valence-corrected chi connectivity index (χ3v) is 4.19. The highest BCUT2D eigenvalue weighted by Crippen LogP contribution is 2.24. The number of amides is 1. The third kappa shape index (κ3) is 6.50. The van der Waals surface area contributed by atoms with Gasteiger partial charge in [-0.25, -0.2) is 13.8 Å². The van der Waals surface area contributed by atoms with Crippen LogP contribution in [-0.2, 0) is 11.2 Å². The Hall–Kier alpha value is -3.04. The molecule has 2 aromatic rings. The molecule has 30 heavy (non-hydrogen) atoms. The molecule has 0 aliphatic heterocycles. The minimum atomic E-state index is -4.27. The normalized spacial score (nSPS) is 12.5. The highest BCUT2D eigenvalue weighted by Gasteiger charge is 2.41. The SMILES string of the molecule is CCC(=O)Cc1cc(C(=O)NC(C)c2ccc(OCC(F)(F)C(F)F)nc2)ccn1. The monoisotopic (exact) mass is 427 g/mol. The molecule has 2 rings (SSSR count). The van der Waals surface area contributed by atoms with Crippen molar-refractivity contribution in [3.05, 3.63) is 53.5 Å². The lowest BCUT2D eigenvalue weighted by Gasteiger charge is -2.17. The third-order valence-electron chi connectivity index (χ3n) is 4.19. The van der Waals surface area contributed by atoms with Crippen molar-refractivity contribution in [1.29, 1.82) is 0 Å². The van der Waals surface area contributed by atoms with Gasteiger partial charge >= 0.3 is 12.3 Å². The Morgan fingerprint density at radius 3 is 2.53 bits per heavy atom. The second-order valence-corrected chi connectivity index (χ2v) is 6.58. The van der Waals surface area contributed by atoms with Crippen molar-refractivity contribution in [2.75, 3.05) is 6.61 Å². The summed E-state index contributed by atoms with van der Waals surface area (Å²) in [4.78, 5) is 31.9. The quantitative estimate of drug-likeness (QED) is 0.584. The van der Waals surface area contributed by atoms with Crippen LogP contribution in [0, 0.1) is 0 Å². The number of carbonyl (C=O) groups excluding carboxylic acids is 2. The fraction of sp³-hybridized carbons (Fsp3) is 0.400. The fourth-order valence-electron chi connectivity index (χ4n) is 2.37. The van der Waals surface area contributed by atoms with Gasteiger partial charge in [0, 0.05) is 42.6 Å². The van der Waals surface area contributed by atoms with E-state index in [-0.39, 0.29) is 18.1 Å². The highest BCUT2D eigenvalue weighted by molar-refractivity contribution is 5.94. The number of ketones is 1. The Labute approximate surface area is 170 Å². The second-order valence-electron chi connectivity index (χ2n) is 6.58. The van der Waals surface area contributed by atoms with E-state index in [0.29, 0.717) is 23.2 Å². The lowest BCUT2D eigenvalue weighted by atomic mass is 10.1. The van der Waals surface area contributed by atoms with Gasteiger partial charge in [0.1, 0.15) is 5.78 Å². The molecule has 0 radical (unpaired) electrons. The van der Waals surface area contributed by atoms with Gasteiger partial charge in [-0.3, -0.25) is 14.6 Å². The number of carbonyl (C=O) groups is 2. The molecule has 2 aromatic heterocycles. The molecule has 0 saturated carbocycles. The molecule has 0 saturated heterocycles. The van der Waals surface area contributed by atoms with Crippen molar-refractivity contribution in [3.8, 4) is 5.88 Å². The minimum Gasteiger partial charge on any atom is -0.471 e. The molecule has 6 nitrogen and oxygen atoms in total. The van der Waals surface area contributed by atoms with Crippen molar-refractivity contribution < 1.29 is 31.9 Å². The van der Waals surface area contributed by atoms with E-state index >= 15 is 0 Å². The maximum absolute atomic E-state index is 12.9. The van der Waals surface area contributed by atoms with E-state index in [0.717, 1.165) is 0 Å². The first-order chi connectivity index (χ1) is 14.1. The number of hydrogen-bond donors (Lipinski definition) is 1. The largest absolute Gasteiger partial charge is 0.471 e. The number of Topliss-reactive ketones (excluding diaryl/α,β-unsaturated/α-hetero) is 1. The molecule has 1 unspecified atom stereocenters. The van der Waals surface area contributed by atoms with E-state index in [1.807, 2.05) is 0 Å². The Morgan fingerprint density at radius 1 is 1.20 bits per heavy atom. The van der Waals surface area contributed by atoms with E-state index in [2.05, 4.69) is 20.0 Å². The van der Waals surface area contributed by atoms with Crippen LogP contribution in [0.15, 0.2) is 36.7 Å². The number of nitrogens with one attached hydrogen (secondary N) is 1. The Bertz CT molecular complexity index is 876. The van der Waals surface area contributed by atoms with Crippen molar-refractivity contribution in [3.63, 3.8) is 0 Å². The predicted molar refractivity (Wildman–Crippen MR) is 99.8 cm³/mol. The highest BCUT2D eigenvalue weighted by atomic mass is 19.3. The molecule has 1 atom stereocenters. The van der Waals surface area contributed by atoms with Gasteiger partial charge in [0.05, 0.1) is 6.04 Å². The Kier molecular flexibility index (Phi) is 7.85. The predicted octanol–water partition coefficient (Wildman–Crippen LogP) is 3.77. The standard InChI is InChI=1S/C20H21F4N3O3/c1-3-16(28)9-15-8-13(6-7-25-15)18(29)27-12(2)14-4-5-17(26-10-14)30-11-20(23,24)19(21)22/h4-8,10,12,19H,3,9,11H2,1-2H3,(H,27,29).